The number of nitrogens with two attached hydrogens (primary N) is 1. The number of anilines is 1. The molecule has 0 unspecified atom stereocenters. The second-order valence-corrected chi connectivity index (χ2v) is 8.65. The Balaban J connectivity index is 1.42. The SMILES string of the molecule is CN(C)CC=C1C[C@@H](Cn2nc(-c3ccc(Oc4ccccc4)cc3)c3c(N)ncnc32)OC1=O. The summed E-state index contributed by atoms with van der Waals surface area (Å²) in [4.78, 5) is 22.9. The van der Waals surface area contributed by atoms with Crippen molar-refractivity contribution in [1.29, 1.82) is 0 Å². The molecule has 9 nitrogen and oxygen atoms in total. The Hall–Kier alpha value is -4.24. The molecule has 3 heterocycles. The van der Waals surface area contributed by atoms with Crippen molar-refractivity contribution in [2.75, 3.05) is 26.4 Å². The average molecular weight is 471 g/mol. The molecule has 0 bridgehead atoms. The molecule has 0 saturated carbocycles. The first-order valence-electron chi connectivity index (χ1n) is 11.3. The smallest absolute Gasteiger partial charge is 0.334 e. The Morgan fingerprint density at radius 2 is 1.86 bits per heavy atom. The molecule has 0 amide bonds. The van der Waals surface area contributed by atoms with Crippen LogP contribution in [0.2, 0.25) is 0 Å². The maximum absolute atomic E-state index is 12.3. The highest BCUT2D eigenvalue weighted by atomic mass is 16.6. The van der Waals surface area contributed by atoms with Crippen LogP contribution in [0.1, 0.15) is 6.42 Å². The summed E-state index contributed by atoms with van der Waals surface area (Å²) in [5.74, 6) is 1.54. The summed E-state index contributed by atoms with van der Waals surface area (Å²) in [6, 6.07) is 17.2. The Morgan fingerprint density at radius 1 is 1.11 bits per heavy atom. The number of fused-ring (bicyclic) bond motifs is 1. The molecule has 5 rings (SSSR count). The largest absolute Gasteiger partial charge is 0.457 e. The van der Waals surface area contributed by atoms with E-state index in [9.17, 15) is 4.79 Å². The number of rotatable bonds is 7. The number of aromatic nitrogens is 4. The molecule has 0 radical (unpaired) electrons. The van der Waals surface area contributed by atoms with E-state index >= 15 is 0 Å². The maximum Gasteiger partial charge on any atom is 0.334 e. The Bertz CT molecular complexity index is 1380. The van der Waals surface area contributed by atoms with Crippen molar-refractivity contribution < 1.29 is 14.3 Å². The fraction of sp³-hybridized carbons (Fsp3) is 0.231. The number of hydrogen-bond acceptors (Lipinski definition) is 8. The number of likely N-dealkylation sites (N-methyl/N-ethyl adjacent to an activating group) is 1. The highest BCUT2D eigenvalue weighted by Gasteiger charge is 2.30. The lowest BCUT2D eigenvalue weighted by molar-refractivity contribution is -0.139. The fourth-order valence-corrected chi connectivity index (χ4v) is 4.02. The number of cyclic esters (lactones) is 1. The van der Waals surface area contributed by atoms with Gasteiger partial charge in [0, 0.05) is 24.1 Å². The molecule has 1 fully saturated rings. The van der Waals surface area contributed by atoms with Crippen molar-refractivity contribution in [1.82, 2.24) is 24.6 Å². The fourth-order valence-electron chi connectivity index (χ4n) is 4.02. The van der Waals surface area contributed by atoms with Gasteiger partial charge in [-0.05, 0) is 50.5 Å². The summed E-state index contributed by atoms with van der Waals surface area (Å²) in [5.41, 5.74) is 9.03. The van der Waals surface area contributed by atoms with Gasteiger partial charge in [-0.3, -0.25) is 0 Å². The summed E-state index contributed by atoms with van der Waals surface area (Å²) in [7, 11) is 3.91. The molecule has 2 aromatic heterocycles. The third-order valence-electron chi connectivity index (χ3n) is 5.73. The number of benzene rings is 2. The molecule has 4 aromatic rings. The number of nitrogen functional groups attached to an aromatic ring is 1. The molecule has 1 atom stereocenters. The molecule has 2 N–H and O–H groups in total. The normalized spacial score (nSPS) is 16.8. The lowest BCUT2D eigenvalue weighted by Gasteiger charge is -2.09. The predicted molar refractivity (Wildman–Crippen MR) is 133 cm³/mol. The van der Waals surface area contributed by atoms with Crippen molar-refractivity contribution in [3.8, 4) is 22.8 Å². The number of carbonyl (C=O) groups is 1. The minimum absolute atomic E-state index is 0.281. The van der Waals surface area contributed by atoms with Gasteiger partial charge in [-0.15, -0.1) is 0 Å². The van der Waals surface area contributed by atoms with Gasteiger partial charge in [0.05, 0.1) is 11.9 Å². The van der Waals surface area contributed by atoms with Gasteiger partial charge < -0.3 is 20.1 Å². The van der Waals surface area contributed by atoms with Crippen LogP contribution in [0, 0.1) is 0 Å². The second kappa shape index (κ2) is 9.55. The van der Waals surface area contributed by atoms with Crippen LogP contribution in [0.3, 0.4) is 0 Å². The minimum Gasteiger partial charge on any atom is -0.457 e. The van der Waals surface area contributed by atoms with Gasteiger partial charge in [0.25, 0.3) is 0 Å². The van der Waals surface area contributed by atoms with Crippen molar-refractivity contribution in [3.63, 3.8) is 0 Å². The molecular weight excluding hydrogens is 444 g/mol. The molecule has 35 heavy (non-hydrogen) atoms. The molecule has 2 aromatic carbocycles. The van der Waals surface area contributed by atoms with Gasteiger partial charge in [-0.25, -0.2) is 19.4 Å². The number of ether oxygens (including phenoxy) is 2. The first-order chi connectivity index (χ1) is 17.0. The van der Waals surface area contributed by atoms with E-state index < -0.39 is 0 Å². The van der Waals surface area contributed by atoms with Crippen LogP contribution in [-0.2, 0) is 16.1 Å². The summed E-state index contributed by atoms with van der Waals surface area (Å²) in [6.07, 6.45) is 3.52. The maximum atomic E-state index is 12.3. The first-order valence-corrected chi connectivity index (χ1v) is 11.3. The van der Waals surface area contributed by atoms with Gasteiger partial charge in [0.2, 0.25) is 0 Å². The van der Waals surface area contributed by atoms with Gasteiger partial charge in [0.15, 0.2) is 5.65 Å². The van der Waals surface area contributed by atoms with Crippen molar-refractivity contribution in [2.45, 2.75) is 19.1 Å². The van der Waals surface area contributed by atoms with Crippen LogP contribution in [0.15, 0.2) is 72.6 Å². The van der Waals surface area contributed by atoms with Crippen LogP contribution in [0.4, 0.5) is 5.82 Å². The van der Waals surface area contributed by atoms with E-state index in [-0.39, 0.29) is 12.1 Å². The van der Waals surface area contributed by atoms with Gasteiger partial charge in [-0.1, -0.05) is 24.3 Å². The Kier molecular flexibility index (Phi) is 6.15. The predicted octanol–water partition coefficient (Wildman–Crippen LogP) is 3.67. The van der Waals surface area contributed by atoms with Crippen LogP contribution >= 0.6 is 0 Å². The lowest BCUT2D eigenvalue weighted by atomic mass is 10.1. The third-order valence-corrected chi connectivity index (χ3v) is 5.73. The number of para-hydroxylation sites is 1. The molecule has 0 aliphatic carbocycles. The van der Waals surface area contributed by atoms with E-state index in [2.05, 4.69) is 9.97 Å². The van der Waals surface area contributed by atoms with Crippen LogP contribution in [-0.4, -0.2) is 57.4 Å². The van der Waals surface area contributed by atoms with Crippen molar-refractivity contribution in [2.24, 2.45) is 0 Å². The zero-order chi connectivity index (χ0) is 24.4. The van der Waals surface area contributed by atoms with Crippen molar-refractivity contribution >= 4 is 22.8 Å². The molecule has 9 heteroatoms. The first kappa shape index (κ1) is 22.5. The topological polar surface area (TPSA) is 108 Å². The van der Waals surface area contributed by atoms with E-state index in [1.54, 1.807) is 4.68 Å². The molecule has 1 aliphatic rings. The average Bonchev–Trinajstić information content (AvgIpc) is 3.39. The van der Waals surface area contributed by atoms with Crippen LogP contribution in [0.25, 0.3) is 22.3 Å². The summed E-state index contributed by atoms with van der Waals surface area (Å²) >= 11 is 0. The highest BCUT2D eigenvalue weighted by Crippen LogP contribution is 2.33. The van der Waals surface area contributed by atoms with E-state index in [1.165, 1.54) is 6.33 Å². The third kappa shape index (κ3) is 4.85. The second-order valence-electron chi connectivity index (χ2n) is 8.65. The number of esters is 1. The van der Waals surface area contributed by atoms with E-state index in [1.807, 2.05) is 79.7 Å². The van der Waals surface area contributed by atoms with Gasteiger partial charge in [0.1, 0.15) is 35.4 Å². The zero-order valence-electron chi connectivity index (χ0n) is 19.6. The van der Waals surface area contributed by atoms with Crippen LogP contribution in [0.5, 0.6) is 11.5 Å². The summed E-state index contributed by atoms with van der Waals surface area (Å²) in [6.45, 7) is 1.05. The molecular formula is C26H26N6O3. The van der Waals surface area contributed by atoms with Crippen LogP contribution < -0.4 is 10.5 Å². The Morgan fingerprint density at radius 3 is 2.60 bits per heavy atom. The standard InChI is InChI=1S/C26H26N6O3/c1-31(2)13-12-18-14-21(35-26(18)33)15-32-25-22(24(27)28-16-29-25)23(30-32)17-8-10-20(11-9-17)34-19-6-4-3-5-7-19/h3-12,16,21H,13-15H2,1-2H3,(H2,27,28,29)/t21-/m0/s1. The molecule has 1 saturated heterocycles. The number of nitrogens with zero attached hydrogens (tertiary/aromatic N) is 5. The van der Waals surface area contributed by atoms with E-state index in [0.717, 1.165) is 11.3 Å². The number of hydrogen-bond donors (Lipinski definition) is 1. The Labute approximate surface area is 202 Å². The van der Waals surface area contributed by atoms with E-state index in [0.29, 0.717) is 53.4 Å². The lowest BCUT2D eigenvalue weighted by Crippen LogP contribution is -2.17. The monoisotopic (exact) mass is 470 g/mol. The molecule has 178 valence electrons. The summed E-state index contributed by atoms with van der Waals surface area (Å²) < 4.78 is 13.2. The van der Waals surface area contributed by atoms with Crippen molar-refractivity contribution in [3.05, 3.63) is 72.6 Å². The minimum atomic E-state index is -0.329. The zero-order valence-corrected chi connectivity index (χ0v) is 19.6. The molecule has 1 aliphatic heterocycles. The number of carbonyl (C=O) groups excluding carboxylic acids is 1. The quantitative estimate of drug-likeness (QED) is 0.322. The van der Waals surface area contributed by atoms with E-state index in [4.69, 9.17) is 20.3 Å². The highest BCUT2D eigenvalue weighted by molar-refractivity contribution is 5.98. The summed E-state index contributed by atoms with van der Waals surface area (Å²) in [5, 5.41) is 5.46. The van der Waals surface area contributed by atoms with Gasteiger partial charge in [-0.2, -0.15) is 5.10 Å². The van der Waals surface area contributed by atoms with Gasteiger partial charge >= 0.3 is 5.97 Å². The molecule has 0 spiro atoms.